The van der Waals surface area contributed by atoms with Gasteiger partial charge in [-0.1, -0.05) is 26.0 Å². The zero-order valence-electron chi connectivity index (χ0n) is 18.8. The van der Waals surface area contributed by atoms with Gasteiger partial charge in [-0.15, -0.1) is 0 Å². The molecule has 1 amide bonds. The number of pyridine rings is 1. The summed E-state index contributed by atoms with van der Waals surface area (Å²) in [4.78, 5) is 30.3. The number of Topliss-reactive ketones (excluding diaryl/α,β-unsaturated/α-hetero) is 1. The summed E-state index contributed by atoms with van der Waals surface area (Å²) in [5.41, 5.74) is 11.3. The standard InChI is InChI=1S/C25H25N5O3/c1-25(2)11-19-22(20(31)12-25)21(15-6-4-8-17(10-15)33-3)18(13-26)23(27)30(19)29-24(32)16-7-5-9-28-14-16/h4-10,14,21H,11-12,27H2,1-3H3,(H,29,32). The van der Waals surface area contributed by atoms with Crippen LogP contribution in [0.4, 0.5) is 0 Å². The van der Waals surface area contributed by atoms with Gasteiger partial charge < -0.3 is 10.5 Å². The molecule has 0 spiro atoms. The number of carbonyl (C=O) groups excluding carboxylic acids is 2. The molecule has 1 aromatic heterocycles. The van der Waals surface area contributed by atoms with Gasteiger partial charge in [0.2, 0.25) is 0 Å². The predicted molar refractivity (Wildman–Crippen MR) is 121 cm³/mol. The summed E-state index contributed by atoms with van der Waals surface area (Å²) in [6, 6.07) is 12.7. The SMILES string of the molecule is COc1cccc(C2C(C#N)=C(N)N(NC(=O)c3cccnc3)C3=C2C(=O)CC(C)(C)C3)c1. The van der Waals surface area contributed by atoms with E-state index < -0.39 is 11.8 Å². The maximum absolute atomic E-state index is 13.4. The first kappa shape index (κ1) is 22.1. The minimum absolute atomic E-state index is 0.0741. The van der Waals surface area contributed by atoms with Crippen molar-refractivity contribution in [3.8, 4) is 11.8 Å². The Hall–Kier alpha value is -4.12. The van der Waals surface area contributed by atoms with Crippen LogP contribution in [0.2, 0.25) is 0 Å². The Kier molecular flexibility index (Phi) is 5.64. The van der Waals surface area contributed by atoms with E-state index in [1.54, 1.807) is 37.6 Å². The number of rotatable bonds is 4. The van der Waals surface area contributed by atoms with E-state index >= 15 is 0 Å². The number of nitriles is 1. The van der Waals surface area contributed by atoms with E-state index in [1.165, 1.54) is 11.2 Å². The lowest BCUT2D eigenvalue weighted by molar-refractivity contribution is -0.118. The largest absolute Gasteiger partial charge is 0.497 e. The molecule has 8 nitrogen and oxygen atoms in total. The van der Waals surface area contributed by atoms with Crippen molar-refractivity contribution >= 4 is 11.7 Å². The van der Waals surface area contributed by atoms with E-state index in [0.717, 1.165) is 5.56 Å². The minimum atomic E-state index is -0.643. The Balaban J connectivity index is 1.87. The van der Waals surface area contributed by atoms with Crippen molar-refractivity contribution in [3.05, 3.63) is 82.6 Å². The molecule has 0 radical (unpaired) electrons. The molecule has 2 heterocycles. The highest BCUT2D eigenvalue weighted by Crippen LogP contribution is 2.48. The van der Waals surface area contributed by atoms with Crippen molar-refractivity contribution < 1.29 is 14.3 Å². The fourth-order valence-corrected chi connectivity index (χ4v) is 4.45. The molecule has 168 valence electrons. The molecule has 8 heteroatoms. The molecule has 1 atom stereocenters. The van der Waals surface area contributed by atoms with Crippen LogP contribution >= 0.6 is 0 Å². The van der Waals surface area contributed by atoms with Crippen molar-refractivity contribution in [2.45, 2.75) is 32.6 Å². The van der Waals surface area contributed by atoms with Gasteiger partial charge in [-0.05, 0) is 41.7 Å². The average Bonchev–Trinajstić information content (AvgIpc) is 2.80. The molecule has 0 saturated carbocycles. The number of methoxy groups -OCH3 is 1. The third-order valence-electron chi connectivity index (χ3n) is 5.95. The summed E-state index contributed by atoms with van der Waals surface area (Å²) in [6.45, 7) is 3.99. The Morgan fingerprint density at radius 3 is 2.76 bits per heavy atom. The average molecular weight is 444 g/mol. The second-order valence-corrected chi connectivity index (χ2v) is 8.94. The molecule has 33 heavy (non-hydrogen) atoms. The molecular formula is C25H25N5O3. The Bertz CT molecular complexity index is 1220. The third kappa shape index (κ3) is 4.05. The van der Waals surface area contributed by atoms with Crippen LogP contribution in [0.5, 0.6) is 5.75 Å². The summed E-state index contributed by atoms with van der Waals surface area (Å²) in [5.74, 6) is -0.454. The van der Waals surface area contributed by atoms with Crippen LogP contribution in [0.15, 0.2) is 71.5 Å². The number of hydrazine groups is 1. The molecule has 0 fully saturated rings. The zero-order valence-corrected chi connectivity index (χ0v) is 18.8. The monoisotopic (exact) mass is 443 g/mol. The lowest BCUT2D eigenvalue weighted by Crippen LogP contribution is -2.49. The van der Waals surface area contributed by atoms with Gasteiger partial charge in [0, 0.05) is 24.4 Å². The maximum atomic E-state index is 13.4. The molecule has 3 N–H and O–H groups in total. The van der Waals surface area contributed by atoms with Crippen LogP contribution in [0.25, 0.3) is 0 Å². The number of aromatic nitrogens is 1. The number of hydrogen-bond acceptors (Lipinski definition) is 7. The molecule has 1 unspecified atom stereocenters. The highest BCUT2D eigenvalue weighted by molar-refractivity contribution is 6.00. The van der Waals surface area contributed by atoms with Gasteiger partial charge in [0.05, 0.1) is 35.9 Å². The van der Waals surface area contributed by atoms with Crippen LogP contribution in [0.1, 0.15) is 48.5 Å². The van der Waals surface area contributed by atoms with Crippen LogP contribution < -0.4 is 15.9 Å². The molecule has 2 aromatic rings. The molecule has 2 aliphatic rings. The molecule has 0 bridgehead atoms. The maximum Gasteiger partial charge on any atom is 0.271 e. The summed E-state index contributed by atoms with van der Waals surface area (Å²) in [5, 5.41) is 11.5. The van der Waals surface area contributed by atoms with Crippen molar-refractivity contribution in [3.63, 3.8) is 0 Å². The molecule has 4 rings (SSSR count). The summed E-state index contributed by atoms with van der Waals surface area (Å²) >= 11 is 0. The lowest BCUT2D eigenvalue weighted by Gasteiger charge is -2.43. The van der Waals surface area contributed by atoms with Gasteiger partial charge in [0.1, 0.15) is 11.6 Å². The fourth-order valence-electron chi connectivity index (χ4n) is 4.45. The number of ether oxygens (including phenoxy) is 1. The van der Waals surface area contributed by atoms with Crippen molar-refractivity contribution in [2.75, 3.05) is 7.11 Å². The normalized spacial score (nSPS) is 19.6. The Morgan fingerprint density at radius 1 is 1.30 bits per heavy atom. The number of ketones is 1. The number of nitrogens with one attached hydrogen (secondary N) is 1. The fraction of sp³-hybridized carbons (Fsp3) is 0.280. The number of carbonyl (C=O) groups is 2. The smallest absolute Gasteiger partial charge is 0.271 e. The van der Waals surface area contributed by atoms with E-state index in [0.29, 0.717) is 35.4 Å². The number of allylic oxidation sites excluding steroid dienone is 3. The molecule has 1 aliphatic heterocycles. The summed E-state index contributed by atoms with van der Waals surface area (Å²) < 4.78 is 5.36. The first-order chi connectivity index (χ1) is 15.8. The van der Waals surface area contributed by atoms with Gasteiger partial charge in [-0.3, -0.25) is 20.0 Å². The topological polar surface area (TPSA) is 121 Å². The van der Waals surface area contributed by atoms with Gasteiger partial charge in [0.15, 0.2) is 5.78 Å². The van der Waals surface area contributed by atoms with Crippen LogP contribution in [0.3, 0.4) is 0 Å². The number of benzene rings is 1. The molecule has 1 aliphatic carbocycles. The number of amides is 1. The first-order valence-corrected chi connectivity index (χ1v) is 10.6. The Morgan fingerprint density at radius 2 is 2.09 bits per heavy atom. The minimum Gasteiger partial charge on any atom is -0.497 e. The summed E-state index contributed by atoms with van der Waals surface area (Å²) in [6.07, 6.45) is 3.84. The van der Waals surface area contributed by atoms with Crippen molar-refractivity contribution in [1.82, 2.24) is 15.4 Å². The Labute approximate surface area is 192 Å². The second-order valence-electron chi connectivity index (χ2n) is 8.94. The first-order valence-electron chi connectivity index (χ1n) is 10.6. The quantitative estimate of drug-likeness (QED) is 0.744. The van der Waals surface area contributed by atoms with Crippen molar-refractivity contribution in [2.24, 2.45) is 11.1 Å². The van der Waals surface area contributed by atoms with E-state index in [4.69, 9.17) is 10.5 Å². The highest BCUT2D eigenvalue weighted by Gasteiger charge is 2.45. The number of nitrogens with two attached hydrogens (primary N) is 1. The molecule has 0 saturated heterocycles. The predicted octanol–water partition coefficient (Wildman–Crippen LogP) is 3.17. The van der Waals surface area contributed by atoms with E-state index in [9.17, 15) is 14.9 Å². The highest BCUT2D eigenvalue weighted by atomic mass is 16.5. The van der Waals surface area contributed by atoms with E-state index in [2.05, 4.69) is 16.5 Å². The lowest BCUT2D eigenvalue weighted by atomic mass is 9.69. The van der Waals surface area contributed by atoms with E-state index in [1.807, 2.05) is 26.0 Å². The molecule has 1 aromatic carbocycles. The zero-order chi connectivity index (χ0) is 23.8. The van der Waals surface area contributed by atoms with E-state index in [-0.39, 0.29) is 22.6 Å². The van der Waals surface area contributed by atoms with Gasteiger partial charge in [-0.2, -0.15) is 5.26 Å². The van der Waals surface area contributed by atoms with Gasteiger partial charge in [0.25, 0.3) is 5.91 Å². The van der Waals surface area contributed by atoms with Crippen LogP contribution in [0, 0.1) is 16.7 Å². The van der Waals surface area contributed by atoms with Crippen LogP contribution in [-0.2, 0) is 4.79 Å². The summed E-state index contributed by atoms with van der Waals surface area (Å²) in [7, 11) is 1.56. The number of hydrogen-bond donors (Lipinski definition) is 2. The van der Waals surface area contributed by atoms with Crippen LogP contribution in [-0.4, -0.2) is 28.8 Å². The van der Waals surface area contributed by atoms with Crippen molar-refractivity contribution in [1.29, 1.82) is 5.26 Å². The molecular weight excluding hydrogens is 418 g/mol. The van der Waals surface area contributed by atoms with Gasteiger partial charge >= 0.3 is 0 Å². The second kappa shape index (κ2) is 8.43. The van der Waals surface area contributed by atoms with Gasteiger partial charge in [-0.25, -0.2) is 5.01 Å². The number of nitrogens with zero attached hydrogens (tertiary/aromatic N) is 3. The third-order valence-corrected chi connectivity index (χ3v) is 5.95.